The number of aromatic nitrogens is 4. The molecule has 6 rings (SSSR count). The third-order valence-electron chi connectivity index (χ3n) is 5.17. The number of benzene rings is 3. The molecule has 0 aliphatic carbocycles. The number of nitrogens with zero attached hydrogens (tertiary/aromatic N) is 4. The predicted molar refractivity (Wildman–Crippen MR) is 126 cm³/mol. The first-order valence-electron chi connectivity index (χ1n) is 10.3. The number of hydrogen-bond donors (Lipinski definition) is 0. The van der Waals surface area contributed by atoms with E-state index in [9.17, 15) is 4.79 Å². The van der Waals surface area contributed by atoms with E-state index in [4.69, 9.17) is 9.26 Å². The summed E-state index contributed by atoms with van der Waals surface area (Å²) in [7, 11) is 0. The molecule has 0 unspecified atom stereocenters. The van der Waals surface area contributed by atoms with Crippen molar-refractivity contribution in [3.8, 4) is 17.1 Å². The largest absolute Gasteiger partial charge is 0.486 e. The van der Waals surface area contributed by atoms with E-state index in [0.717, 1.165) is 27.8 Å². The Balaban J connectivity index is 1.33. The smallest absolute Gasteiger partial charge is 0.291 e. The monoisotopic (exact) mass is 452 g/mol. The topological polar surface area (TPSA) is 82.5 Å². The lowest BCUT2D eigenvalue weighted by molar-refractivity contribution is 0.296. The first kappa shape index (κ1) is 19.4. The van der Waals surface area contributed by atoms with Crippen LogP contribution in [0.1, 0.15) is 11.4 Å². The van der Waals surface area contributed by atoms with Crippen LogP contribution in [-0.2, 0) is 6.61 Å². The number of rotatable bonds is 5. The van der Waals surface area contributed by atoms with Gasteiger partial charge < -0.3 is 9.26 Å². The van der Waals surface area contributed by atoms with E-state index in [1.54, 1.807) is 0 Å². The molecule has 0 aliphatic heterocycles. The number of thiazole rings is 1. The molecule has 8 heteroatoms. The van der Waals surface area contributed by atoms with Gasteiger partial charge in [-0.15, -0.1) is 5.10 Å². The molecule has 0 aliphatic rings. The SMILES string of the molecule is O=c1c(=Cc2ccc3noc(-c4ccccc4)c3c2)sc2nc(COc3ccccc3)nn12. The second-order valence-electron chi connectivity index (χ2n) is 7.39. The van der Waals surface area contributed by atoms with Crippen LogP contribution in [-0.4, -0.2) is 19.8 Å². The van der Waals surface area contributed by atoms with E-state index in [0.29, 0.717) is 21.1 Å². The van der Waals surface area contributed by atoms with Gasteiger partial charge in [-0.2, -0.15) is 9.50 Å². The van der Waals surface area contributed by atoms with Gasteiger partial charge in [-0.05, 0) is 35.9 Å². The van der Waals surface area contributed by atoms with Crippen LogP contribution >= 0.6 is 11.3 Å². The van der Waals surface area contributed by atoms with Crippen LogP contribution in [0.15, 0.2) is 88.2 Å². The molecule has 0 bridgehead atoms. The normalized spacial score (nSPS) is 12.1. The van der Waals surface area contributed by atoms with Crippen LogP contribution in [0.4, 0.5) is 0 Å². The van der Waals surface area contributed by atoms with Crippen LogP contribution in [0.3, 0.4) is 0 Å². The summed E-state index contributed by atoms with van der Waals surface area (Å²) in [5.41, 5.74) is 2.38. The van der Waals surface area contributed by atoms with Crippen molar-refractivity contribution in [1.29, 1.82) is 0 Å². The van der Waals surface area contributed by atoms with Crippen molar-refractivity contribution in [3.05, 3.63) is 105 Å². The summed E-state index contributed by atoms with van der Waals surface area (Å²) < 4.78 is 13.1. The molecule has 3 aromatic carbocycles. The molecule has 0 saturated carbocycles. The first-order valence-corrected chi connectivity index (χ1v) is 11.1. The van der Waals surface area contributed by atoms with E-state index in [-0.39, 0.29) is 12.2 Å². The highest BCUT2D eigenvalue weighted by Gasteiger charge is 2.13. The zero-order chi connectivity index (χ0) is 22.2. The third-order valence-corrected chi connectivity index (χ3v) is 6.13. The Bertz CT molecular complexity index is 1690. The van der Waals surface area contributed by atoms with E-state index in [2.05, 4.69) is 15.2 Å². The van der Waals surface area contributed by atoms with Crippen molar-refractivity contribution in [2.75, 3.05) is 0 Å². The molecule has 3 heterocycles. The Labute approximate surface area is 191 Å². The van der Waals surface area contributed by atoms with Crippen molar-refractivity contribution in [1.82, 2.24) is 19.8 Å². The molecule has 3 aromatic heterocycles. The van der Waals surface area contributed by atoms with Gasteiger partial charge in [0, 0.05) is 5.56 Å². The van der Waals surface area contributed by atoms with Gasteiger partial charge in [-0.1, -0.05) is 71.1 Å². The first-order chi connectivity index (χ1) is 16.2. The Kier molecular flexibility index (Phi) is 4.70. The number of fused-ring (bicyclic) bond motifs is 2. The Morgan fingerprint density at radius 3 is 2.58 bits per heavy atom. The fourth-order valence-corrected chi connectivity index (χ4v) is 4.52. The van der Waals surface area contributed by atoms with E-state index >= 15 is 0 Å². The summed E-state index contributed by atoms with van der Waals surface area (Å²) in [5, 5.41) is 9.36. The van der Waals surface area contributed by atoms with E-state index in [1.165, 1.54) is 15.9 Å². The highest BCUT2D eigenvalue weighted by Crippen LogP contribution is 2.29. The van der Waals surface area contributed by atoms with Crippen molar-refractivity contribution < 1.29 is 9.26 Å². The second-order valence-corrected chi connectivity index (χ2v) is 8.40. The van der Waals surface area contributed by atoms with Gasteiger partial charge in [-0.25, -0.2) is 0 Å². The summed E-state index contributed by atoms with van der Waals surface area (Å²) in [6.45, 7) is 0.198. The average Bonchev–Trinajstić information content (AvgIpc) is 3.53. The van der Waals surface area contributed by atoms with Crippen LogP contribution in [0.2, 0.25) is 0 Å². The van der Waals surface area contributed by atoms with Crippen LogP contribution in [0, 0.1) is 0 Å². The van der Waals surface area contributed by atoms with Gasteiger partial charge in [0.15, 0.2) is 11.6 Å². The second kappa shape index (κ2) is 7.99. The minimum atomic E-state index is -0.206. The minimum Gasteiger partial charge on any atom is -0.486 e. The Morgan fingerprint density at radius 2 is 1.79 bits per heavy atom. The molecule has 0 radical (unpaired) electrons. The minimum absolute atomic E-state index is 0.198. The number of hydrogen-bond acceptors (Lipinski definition) is 7. The molecule has 7 nitrogen and oxygen atoms in total. The molecule has 33 heavy (non-hydrogen) atoms. The fraction of sp³-hybridized carbons (Fsp3) is 0.0400. The lowest BCUT2D eigenvalue weighted by Crippen LogP contribution is -2.23. The summed E-state index contributed by atoms with van der Waals surface area (Å²) in [5.74, 6) is 1.90. The third kappa shape index (κ3) is 3.66. The van der Waals surface area contributed by atoms with E-state index < -0.39 is 0 Å². The van der Waals surface area contributed by atoms with Gasteiger partial charge in [-0.3, -0.25) is 4.79 Å². The summed E-state index contributed by atoms with van der Waals surface area (Å²) >= 11 is 1.30. The molecule has 0 fully saturated rings. The quantitative estimate of drug-likeness (QED) is 0.392. The summed E-state index contributed by atoms with van der Waals surface area (Å²) in [6.07, 6.45) is 1.84. The molecule has 0 saturated heterocycles. The van der Waals surface area contributed by atoms with E-state index in [1.807, 2.05) is 84.9 Å². The van der Waals surface area contributed by atoms with Crippen LogP contribution in [0.5, 0.6) is 5.75 Å². The highest BCUT2D eigenvalue weighted by molar-refractivity contribution is 7.15. The van der Waals surface area contributed by atoms with Gasteiger partial charge in [0.25, 0.3) is 5.56 Å². The molecular formula is C25H16N4O3S. The molecule has 0 N–H and O–H groups in total. The number of ether oxygens (including phenoxy) is 1. The standard InChI is InChI=1S/C25H16N4O3S/c30-24-21(33-25-26-22(27-29(24)25)15-31-18-9-5-2-6-10-18)14-16-11-12-20-19(13-16)23(32-28-20)17-7-3-1-4-8-17/h1-14H,15H2. The fourth-order valence-electron chi connectivity index (χ4n) is 3.60. The number of para-hydroxylation sites is 1. The van der Waals surface area contributed by atoms with Gasteiger partial charge in [0.2, 0.25) is 4.96 Å². The Morgan fingerprint density at radius 1 is 1.00 bits per heavy atom. The van der Waals surface area contributed by atoms with Crippen molar-refractivity contribution >= 4 is 33.3 Å². The molecule has 0 spiro atoms. The summed E-state index contributed by atoms with van der Waals surface area (Å²) in [6, 6.07) is 25.0. The van der Waals surface area contributed by atoms with Crippen LogP contribution < -0.4 is 14.8 Å². The highest BCUT2D eigenvalue weighted by atomic mass is 32.1. The Hall–Kier alpha value is -4.30. The maximum Gasteiger partial charge on any atom is 0.291 e. The van der Waals surface area contributed by atoms with Crippen molar-refractivity contribution in [2.45, 2.75) is 6.61 Å². The van der Waals surface area contributed by atoms with Gasteiger partial charge in [0.05, 0.1) is 9.92 Å². The molecule has 160 valence electrons. The van der Waals surface area contributed by atoms with Crippen molar-refractivity contribution in [2.24, 2.45) is 0 Å². The zero-order valence-electron chi connectivity index (χ0n) is 17.2. The lowest BCUT2D eigenvalue weighted by atomic mass is 10.1. The lowest BCUT2D eigenvalue weighted by Gasteiger charge is -2.01. The average molecular weight is 452 g/mol. The van der Waals surface area contributed by atoms with Gasteiger partial charge in [0.1, 0.15) is 17.9 Å². The van der Waals surface area contributed by atoms with Gasteiger partial charge >= 0.3 is 0 Å². The molecule has 0 atom stereocenters. The maximum atomic E-state index is 12.9. The molecule has 6 aromatic rings. The zero-order valence-corrected chi connectivity index (χ0v) is 18.0. The maximum absolute atomic E-state index is 12.9. The molecular weight excluding hydrogens is 436 g/mol. The predicted octanol–water partition coefficient (Wildman–Crippen LogP) is 4.09. The van der Waals surface area contributed by atoms with Crippen LogP contribution in [0.25, 0.3) is 33.3 Å². The van der Waals surface area contributed by atoms with Crippen molar-refractivity contribution in [3.63, 3.8) is 0 Å². The molecule has 0 amide bonds. The summed E-state index contributed by atoms with van der Waals surface area (Å²) in [4.78, 5) is 17.9.